The van der Waals surface area contributed by atoms with Gasteiger partial charge in [0.15, 0.2) is 6.61 Å². The molecular weight excluding hydrogens is 228 g/mol. The highest BCUT2D eigenvalue weighted by atomic mass is 16.6. The summed E-state index contributed by atoms with van der Waals surface area (Å²) in [6.07, 6.45) is 0.561. The number of anilines is 1. The van der Waals surface area contributed by atoms with E-state index in [1.807, 2.05) is 0 Å². The number of rotatable bonds is 3. The SMILES string of the molecule is O=CCN1C(=O)COc2c1cccc2[N+](=O)[O-]. The number of amides is 1. The molecular formula is C10H8N2O5. The molecule has 0 aromatic heterocycles. The van der Waals surface area contributed by atoms with Crippen LogP contribution in [0.4, 0.5) is 11.4 Å². The highest BCUT2D eigenvalue weighted by Crippen LogP contribution is 2.39. The van der Waals surface area contributed by atoms with Crippen molar-refractivity contribution in [2.45, 2.75) is 0 Å². The summed E-state index contributed by atoms with van der Waals surface area (Å²) in [4.78, 5) is 33.3. The van der Waals surface area contributed by atoms with Gasteiger partial charge in [0.05, 0.1) is 17.2 Å². The van der Waals surface area contributed by atoms with E-state index in [1.165, 1.54) is 23.1 Å². The molecule has 1 aromatic carbocycles. The van der Waals surface area contributed by atoms with E-state index in [9.17, 15) is 19.7 Å². The van der Waals surface area contributed by atoms with Crippen molar-refractivity contribution in [3.05, 3.63) is 28.3 Å². The average Bonchev–Trinajstić information content (AvgIpc) is 2.32. The van der Waals surface area contributed by atoms with Gasteiger partial charge in [-0.1, -0.05) is 6.07 Å². The van der Waals surface area contributed by atoms with Gasteiger partial charge >= 0.3 is 5.69 Å². The van der Waals surface area contributed by atoms with Crippen molar-refractivity contribution in [3.8, 4) is 5.75 Å². The maximum absolute atomic E-state index is 11.5. The summed E-state index contributed by atoms with van der Waals surface area (Å²) in [7, 11) is 0. The van der Waals surface area contributed by atoms with Crippen LogP contribution in [0.2, 0.25) is 0 Å². The lowest BCUT2D eigenvalue weighted by Gasteiger charge is -2.27. The van der Waals surface area contributed by atoms with Crippen molar-refractivity contribution < 1.29 is 19.2 Å². The molecule has 0 saturated carbocycles. The van der Waals surface area contributed by atoms with E-state index in [4.69, 9.17) is 4.74 Å². The first-order chi connectivity index (χ1) is 8.15. The highest BCUT2D eigenvalue weighted by Gasteiger charge is 2.30. The Bertz CT molecular complexity index is 499. The second kappa shape index (κ2) is 4.20. The minimum Gasteiger partial charge on any atom is -0.475 e. The van der Waals surface area contributed by atoms with Crippen molar-refractivity contribution >= 4 is 23.6 Å². The molecule has 0 N–H and O–H groups in total. The van der Waals surface area contributed by atoms with Crippen LogP contribution in [0.1, 0.15) is 0 Å². The zero-order valence-corrected chi connectivity index (χ0v) is 8.66. The zero-order valence-electron chi connectivity index (χ0n) is 8.66. The topological polar surface area (TPSA) is 89.8 Å². The quantitative estimate of drug-likeness (QED) is 0.433. The number of nitro benzene ring substituents is 1. The first-order valence-corrected chi connectivity index (χ1v) is 4.79. The summed E-state index contributed by atoms with van der Waals surface area (Å²) in [6, 6.07) is 4.23. The molecule has 88 valence electrons. The number of para-hydroxylation sites is 1. The van der Waals surface area contributed by atoms with Gasteiger partial charge in [0.1, 0.15) is 6.29 Å². The predicted octanol–water partition coefficient (Wildman–Crippen LogP) is 0.519. The number of ether oxygens (including phenoxy) is 1. The van der Waals surface area contributed by atoms with Gasteiger partial charge in [-0.3, -0.25) is 19.8 Å². The molecule has 0 radical (unpaired) electrons. The third kappa shape index (κ3) is 1.82. The Hall–Kier alpha value is -2.44. The van der Waals surface area contributed by atoms with Gasteiger partial charge in [-0.2, -0.15) is 0 Å². The van der Waals surface area contributed by atoms with Crippen LogP contribution in [0.5, 0.6) is 5.75 Å². The summed E-state index contributed by atoms with van der Waals surface area (Å²) in [5.41, 5.74) is 0.0356. The lowest BCUT2D eigenvalue weighted by molar-refractivity contribution is -0.385. The van der Waals surface area contributed by atoms with E-state index in [-0.39, 0.29) is 30.3 Å². The predicted molar refractivity (Wildman–Crippen MR) is 57.0 cm³/mol. The van der Waals surface area contributed by atoms with Gasteiger partial charge in [0, 0.05) is 6.07 Å². The molecule has 0 saturated heterocycles. The summed E-state index contributed by atoms with van der Waals surface area (Å²) in [5.74, 6) is -0.371. The Balaban J connectivity index is 2.53. The third-order valence-corrected chi connectivity index (χ3v) is 2.36. The van der Waals surface area contributed by atoms with E-state index < -0.39 is 10.8 Å². The molecule has 1 aromatic rings. The molecule has 1 amide bonds. The Morgan fingerprint density at radius 2 is 2.29 bits per heavy atom. The number of benzene rings is 1. The van der Waals surface area contributed by atoms with Crippen LogP contribution < -0.4 is 9.64 Å². The van der Waals surface area contributed by atoms with Crippen molar-refractivity contribution in [1.29, 1.82) is 0 Å². The molecule has 17 heavy (non-hydrogen) atoms. The van der Waals surface area contributed by atoms with Gasteiger partial charge in [0.2, 0.25) is 5.75 Å². The Morgan fingerprint density at radius 1 is 1.53 bits per heavy atom. The molecule has 0 aliphatic carbocycles. The van der Waals surface area contributed by atoms with E-state index in [0.717, 1.165) is 0 Å². The molecule has 0 fully saturated rings. The molecule has 1 heterocycles. The average molecular weight is 236 g/mol. The van der Waals surface area contributed by atoms with Crippen LogP contribution in [0.15, 0.2) is 18.2 Å². The summed E-state index contributed by atoms with van der Waals surface area (Å²) >= 11 is 0. The van der Waals surface area contributed by atoms with Crippen LogP contribution in [0, 0.1) is 10.1 Å². The van der Waals surface area contributed by atoms with Crippen molar-refractivity contribution in [2.75, 3.05) is 18.1 Å². The molecule has 0 spiro atoms. The fraction of sp³-hybridized carbons (Fsp3) is 0.200. The van der Waals surface area contributed by atoms with Gasteiger partial charge in [-0.05, 0) is 6.07 Å². The van der Waals surface area contributed by atoms with E-state index in [1.54, 1.807) is 0 Å². The number of nitro groups is 1. The lowest BCUT2D eigenvalue weighted by Crippen LogP contribution is -2.40. The lowest BCUT2D eigenvalue weighted by atomic mass is 10.2. The third-order valence-electron chi connectivity index (χ3n) is 2.36. The fourth-order valence-corrected chi connectivity index (χ4v) is 1.64. The van der Waals surface area contributed by atoms with E-state index >= 15 is 0 Å². The van der Waals surface area contributed by atoms with Crippen molar-refractivity contribution in [2.24, 2.45) is 0 Å². The smallest absolute Gasteiger partial charge is 0.313 e. The van der Waals surface area contributed by atoms with Crippen molar-refractivity contribution in [1.82, 2.24) is 0 Å². The largest absolute Gasteiger partial charge is 0.475 e. The summed E-state index contributed by atoms with van der Waals surface area (Å²) < 4.78 is 5.06. The Kier molecular flexibility index (Phi) is 2.73. The van der Waals surface area contributed by atoms with Gasteiger partial charge in [-0.25, -0.2) is 0 Å². The zero-order chi connectivity index (χ0) is 12.4. The summed E-state index contributed by atoms with van der Waals surface area (Å²) in [6.45, 7) is -0.442. The standard InChI is InChI=1S/C10H8N2O5/c13-5-4-11-7-2-1-3-8(12(15)16)10(7)17-6-9(11)14/h1-3,5H,4,6H2. The molecule has 2 rings (SSSR count). The Labute approximate surface area is 95.7 Å². The minimum absolute atomic E-state index is 0.0268. The highest BCUT2D eigenvalue weighted by molar-refractivity contribution is 6.00. The van der Waals surface area contributed by atoms with Gasteiger partial charge < -0.3 is 9.53 Å². The summed E-state index contributed by atoms with van der Waals surface area (Å²) in [5, 5.41) is 10.8. The van der Waals surface area contributed by atoms with Crippen LogP contribution in [0.25, 0.3) is 0 Å². The van der Waals surface area contributed by atoms with Crippen LogP contribution >= 0.6 is 0 Å². The minimum atomic E-state index is -0.590. The maximum Gasteiger partial charge on any atom is 0.313 e. The Morgan fingerprint density at radius 3 is 2.94 bits per heavy atom. The molecule has 0 atom stereocenters. The first-order valence-electron chi connectivity index (χ1n) is 4.79. The normalized spacial score (nSPS) is 13.9. The van der Waals surface area contributed by atoms with Crippen LogP contribution in [0.3, 0.4) is 0 Å². The molecule has 0 bridgehead atoms. The van der Waals surface area contributed by atoms with E-state index in [2.05, 4.69) is 0 Å². The number of fused-ring (bicyclic) bond motifs is 1. The maximum atomic E-state index is 11.5. The molecule has 1 aliphatic heterocycles. The number of nitrogens with zero attached hydrogens (tertiary/aromatic N) is 2. The molecule has 0 unspecified atom stereocenters. The molecule has 7 nitrogen and oxygen atoms in total. The van der Waals surface area contributed by atoms with Crippen LogP contribution in [-0.4, -0.2) is 30.3 Å². The van der Waals surface area contributed by atoms with E-state index in [0.29, 0.717) is 6.29 Å². The van der Waals surface area contributed by atoms with Crippen molar-refractivity contribution in [3.63, 3.8) is 0 Å². The molecule has 1 aliphatic rings. The van der Waals surface area contributed by atoms with Gasteiger partial charge in [0.25, 0.3) is 5.91 Å². The monoisotopic (exact) mass is 236 g/mol. The van der Waals surface area contributed by atoms with Gasteiger partial charge in [-0.15, -0.1) is 0 Å². The first kappa shape index (κ1) is 11.1. The number of hydrogen-bond donors (Lipinski definition) is 0. The number of carbonyl (C=O) groups is 2. The second-order valence-corrected chi connectivity index (χ2v) is 3.34. The molecule has 7 heteroatoms. The number of aldehydes is 1. The fourth-order valence-electron chi connectivity index (χ4n) is 1.64. The van der Waals surface area contributed by atoms with Crippen LogP contribution in [-0.2, 0) is 9.59 Å². The number of hydrogen-bond acceptors (Lipinski definition) is 5. The number of carbonyl (C=O) groups excluding carboxylic acids is 2. The second-order valence-electron chi connectivity index (χ2n) is 3.34.